The van der Waals surface area contributed by atoms with Crippen molar-refractivity contribution < 1.29 is 5.11 Å². The maximum atomic E-state index is 9.14. The van der Waals surface area contributed by atoms with Gasteiger partial charge < -0.3 is 10.4 Å². The quantitative estimate of drug-likeness (QED) is 0.748. The number of phenols is 1. The Hall–Kier alpha value is -2.47. The van der Waals surface area contributed by atoms with Gasteiger partial charge in [0.25, 0.3) is 0 Å². The van der Waals surface area contributed by atoms with Gasteiger partial charge in [-0.25, -0.2) is 0 Å². The van der Waals surface area contributed by atoms with Crippen molar-refractivity contribution in [1.29, 1.82) is 5.26 Å². The van der Waals surface area contributed by atoms with E-state index in [-0.39, 0.29) is 5.75 Å². The van der Waals surface area contributed by atoms with Crippen LogP contribution in [-0.2, 0) is 0 Å². The molecule has 0 saturated heterocycles. The van der Waals surface area contributed by atoms with Gasteiger partial charge in [0.2, 0.25) is 0 Å². The van der Waals surface area contributed by atoms with Gasteiger partial charge in [0.05, 0.1) is 11.3 Å². The molecule has 0 aliphatic heterocycles. The fourth-order valence-corrected chi connectivity index (χ4v) is 1.33. The van der Waals surface area contributed by atoms with Gasteiger partial charge >= 0.3 is 0 Å². The minimum Gasteiger partial charge on any atom is -0.508 e. The molecule has 0 aromatic heterocycles. The van der Waals surface area contributed by atoms with Gasteiger partial charge in [-0.15, -0.1) is 0 Å². The largest absolute Gasteiger partial charge is 0.508 e. The van der Waals surface area contributed by atoms with Crippen molar-refractivity contribution in [2.24, 2.45) is 0 Å². The number of phenolic OH excluding ortho intramolecular Hbond substituents is 1. The molecule has 0 aliphatic carbocycles. The normalized spacial score (nSPS) is 9.44. The summed E-state index contributed by atoms with van der Waals surface area (Å²) in [6.45, 7) is 0. The molecule has 0 bridgehead atoms. The molecular formula is C13H9N2O. The van der Waals surface area contributed by atoms with E-state index >= 15 is 0 Å². The summed E-state index contributed by atoms with van der Waals surface area (Å²) in [6, 6.07) is 16.8. The molecule has 0 amide bonds. The average molecular weight is 209 g/mol. The lowest BCUT2D eigenvalue weighted by Crippen LogP contribution is -1.92. The lowest BCUT2D eigenvalue weighted by Gasteiger charge is -2.07. The first-order valence-corrected chi connectivity index (χ1v) is 4.76. The number of aromatic hydroxyl groups is 1. The van der Waals surface area contributed by atoms with E-state index < -0.39 is 0 Å². The molecule has 3 nitrogen and oxygen atoms in total. The van der Waals surface area contributed by atoms with Crippen molar-refractivity contribution in [2.45, 2.75) is 0 Å². The molecule has 0 atom stereocenters. The maximum absolute atomic E-state index is 9.14. The summed E-state index contributed by atoms with van der Waals surface area (Å²) < 4.78 is 0. The van der Waals surface area contributed by atoms with E-state index in [1.165, 1.54) is 0 Å². The molecule has 0 saturated carbocycles. The Labute approximate surface area is 93.6 Å². The number of anilines is 2. The molecule has 2 N–H and O–H groups in total. The topological polar surface area (TPSA) is 56.0 Å². The number of hydrogen-bond acceptors (Lipinski definition) is 3. The van der Waals surface area contributed by atoms with Crippen LogP contribution in [0.15, 0.2) is 42.5 Å². The first-order valence-electron chi connectivity index (χ1n) is 4.76. The van der Waals surface area contributed by atoms with E-state index in [0.29, 0.717) is 11.3 Å². The summed E-state index contributed by atoms with van der Waals surface area (Å²) >= 11 is 0. The third kappa shape index (κ3) is 2.12. The van der Waals surface area contributed by atoms with Gasteiger partial charge in [0.1, 0.15) is 11.8 Å². The molecule has 16 heavy (non-hydrogen) atoms. The van der Waals surface area contributed by atoms with Gasteiger partial charge in [-0.2, -0.15) is 5.26 Å². The van der Waals surface area contributed by atoms with Crippen LogP contribution < -0.4 is 5.32 Å². The lowest BCUT2D eigenvalue weighted by molar-refractivity contribution is 0.475. The molecule has 77 valence electrons. The van der Waals surface area contributed by atoms with Gasteiger partial charge in [0.15, 0.2) is 0 Å². The highest BCUT2D eigenvalue weighted by Crippen LogP contribution is 2.21. The number of rotatable bonds is 2. The van der Waals surface area contributed by atoms with Crippen molar-refractivity contribution in [2.75, 3.05) is 5.32 Å². The highest BCUT2D eigenvalue weighted by molar-refractivity contribution is 5.66. The first-order chi connectivity index (χ1) is 7.79. The van der Waals surface area contributed by atoms with Crippen molar-refractivity contribution in [3.8, 4) is 11.8 Å². The van der Waals surface area contributed by atoms with Gasteiger partial charge in [-0.1, -0.05) is 6.07 Å². The Morgan fingerprint density at radius 3 is 2.62 bits per heavy atom. The fraction of sp³-hybridized carbons (Fsp3) is 0. The third-order valence-electron chi connectivity index (χ3n) is 2.13. The van der Waals surface area contributed by atoms with Crippen LogP contribution in [0.25, 0.3) is 0 Å². The van der Waals surface area contributed by atoms with Crippen LogP contribution in [-0.4, -0.2) is 5.11 Å². The zero-order valence-electron chi connectivity index (χ0n) is 8.44. The average Bonchev–Trinajstić information content (AvgIpc) is 2.33. The second-order valence-electron chi connectivity index (χ2n) is 3.26. The fourth-order valence-electron chi connectivity index (χ4n) is 1.33. The Bertz CT molecular complexity index is 526. The summed E-state index contributed by atoms with van der Waals surface area (Å²) in [7, 11) is 0. The number of nitriles is 1. The van der Waals surface area contributed by atoms with Crippen LogP contribution in [0.4, 0.5) is 11.4 Å². The molecule has 0 spiro atoms. The molecule has 2 aromatic rings. The van der Waals surface area contributed by atoms with E-state index in [1.54, 1.807) is 42.5 Å². The number of hydrogen-bond donors (Lipinski definition) is 2. The standard InChI is InChI=1S/C13H9N2O/c14-9-10-3-1-2-4-13(10)15-11-5-7-12(16)8-6-11/h1,3-8,15-16H. The Kier molecular flexibility index (Phi) is 2.75. The molecule has 0 aliphatic rings. The zero-order chi connectivity index (χ0) is 11.4. The van der Waals surface area contributed by atoms with Crippen LogP contribution in [0.3, 0.4) is 0 Å². The Balaban J connectivity index is 2.27. The summed E-state index contributed by atoms with van der Waals surface area (Å²) in [5.74, 6) is 0.214. The zero-order valence-corrected chi connectivity index (χ0v) is 8.44. The van der Waals surface area contributed by atoms with Crippen LogP contribution >= 0.6 is 0 Å². The summed E-state index contributed by atoms with van der Waals surface area (Å²) in [6.07, 6.45) is 0. The number of nitrogens with one attached hydrogen (secondary N) is 1. The number of benzene rings is 2. The van der Waals surface area contributed by atoms with Crippen molar-refractivity contribution >= 4 is 11.4 Å². The molecule has 2 rings (SSSR count). The minimum absolute atomic E-state index is 0.214. The van der Waals surface area contributed by atoms with E-state index in [1.807, 2.05) is 0 Å². The van der Waals surface area contributed by atoms with Crippen molar-refractivity contribution in [1.82, 2.24) is 0 Å². The third-order valence-corrected chi connectivity index (χ3v) is 2.13. The molecule has 1 radical (unpaired) electrons. The van der Waals surface area contributed by atoms with E-state index in [9.17, 15) is 0 Å². The molecule has 2 aromatic carbocycles. The predicted molar refractivity (Wildman–Crippen MR) is 61.4 cm³/mol. The SMILES string of the molecule is N#Cc1cc[c]cc1Nc1ccc(O)cc1. The molecule has 0 unspecified atom stereocenters. The first kappa shape index (κ1) is 10.1. The van der Waals surface area contributed by atoms with Crippen molar-refractivity contribution in [3.63, 3.8) is 0 Å². The smallest absolute Gasteiger partial charge is 0.115 e. The summed E-state index contributed by atoms with van der Waals surface area (Å²) in [4.78, 5) is 0. The Morgan fingerprint density at radius 1 is 1.19 bits per heavy atom. The van der Waals surface area contributed by atoms with Crippen LogP contribution in [0, 0.1) is 17.4 Å². The highest BCUT2D eigenvalue weighted by atomic mass is 16.3. The van der Waals surface area contributed by atoms with Crippen LogP contribution in [0.5, 0.6) is 5.75 Å². The Morgan fingerprint density at radius 2 is 1.94 bits per heavy atom. The van der Waals surface area contributed by atoms with E-state index in [4.69, 9.17) is 10.4 Å². The summed E-state index contributed by atoms with van der Waals surface area (Å²) in [5.41, 5.74) is 2.08. The predicted octanol–water partition coefficient (Wildman–Crippen LogP) is 2.81. The molecule has 0 heterocycles. The highest BCUT2D eigenvalue weighted by Gasteiger charge is 2.00. The van der Waals surface area contributed by atoms with Crippen LogP contribution in [0.2, 0.25) is 0 Å². The summed E-state index contributed by atoms with van der Waals surface area (Å²) in [5, 5.41) is 21.1. The van der Waals surface area contributed by atoms with Crippen molar-refractivity contribution in [3.05, 3.63) is 54.1 Å². The number of nitrogens with zero attached hydrogens (tertiary/aromatic N) is 1. The van der Waals surface area contributed by atoms with E-state index in [0.717, 1.165) is 5.69 Å². The minimum atomic E-state index is 0.214. The second kappa shape index (κ2) is 4.37. The van der Waals surface area contributed by atoms with Gasteiger partial charge in [0, 0.05) is 5.69 Å². The lowest BCUT2D eigenvalue weighted by atomic mass is 10.2. The maximum Gasteiger partial charge on any atom is 0.115 e. The molecule has 3 heteroatoms. The molecule has 0 fully saturated rings. The van der Waals surface area contributed by atoms with E-state index in [2.05, 4.69) is 17.5 Å². The van der Waals surface area contributed by atoms with Crippen LogP contribution in [0.1, 0.15) is 5.56 Å². The van der Waals surface area contributed by atoms with Gasteiger partial charge in [-0.05, 0) is 42.5 Å². The second-order valence-corrected chi connectivity index (χ2v) is 3.26. The molecular weight excluding hydrogens is 200 g/mol. The van der Waals surface area contributed by atoms with Gasteiger partial charge in [-0.3, -0.25) is 0 Å². The monoisotopic (exact) mass is 209 g/mol.